The predicted octanol–water partition coefficient (Wildman–Crippen LogP) is 2.58. The Hall–Kier alpha value is -2.24. The van der Waals surface area contributed by atoms with Crippen molar-refractivity contribution < 1.29 is 19.0 Å². The van der Waals surface area contributed by atoms with Crippen LogP contribution in [-0.2, 0) is 16.1 Å². The highest BCUT2D eigenvalue weighted by molar-refractivity contribution is 5.75. The Morgan fingerprint density at radius 3 is 2.43 bits per heavy atom. The highest BCUT2D eigenvalue weighted by Crippen LogP contribution is 2.19. The van der Waals surface area contributed by atoms with Crippen LogP contribution >= 0.6 is 0 Å². The van der Waals surface area contributed by atoms with Gasteiger partial charge in [-0.05, 0) is 30.2 Å². The largest absolute Gasteiger partial charge is 0.464 e. The first-order valence-corrected chi connectivity index (χ1v) is 7.49. The molecule has 2 N–H and O–H groups in total. The molecule has 0 heterocycles. The summed E-state index contributed by atoms with van der Waals surface area (Å²) < 4.78 is 18.0. The summed E-state index contributed by atoms with van der Waals surface area (Å²) >= 11 is 0. The van der Waals surface area contributed by atoms with Gasteiger partial charge in [-0.25, -0.2) is 9.18 Å². The minimum absolute atomic E-state index is 0.185. The van der Waals surface area contributed by atoms with Gasteiger partial charge in [0.25, 0.3) is 0 Å². The molecular weight excluding hydrogens is 297 g/mol. The molecular formula is C18H20FNO3. The molecule has 2 atom stereocenters. The molecule has 122 valence electrons. The third-order valence-corrected chi connectivity index (χ3v) is 3.44. The van der Waals surface area contributed by atoms with Crippen molar-refractivity contribution >= 4 is 5.97 Å². The number of carbonyl (C=O) groups excluding carboxylic acids is 1. The molecule has 0 fully saturated rings. The molecule has 0 aliphatic rings. The average Bonchev–Trinajstić information content (AvgIpc) is 2.57. The van der Waals surface area contributed by atoms with Gasteiger partial charge in [0.2, 0.25) is 0 Å². The molecule has 0 saturated heterocycles. The molecule has 0 radical (unpaired) electrons. The third kappa shape index (κ3) is 4.87. The quantitative estimate of drug-likeness (QED) is 0.771. The van der Waals surface area contributed by atoms with Crippen molar-refractivity contribution in [2.75, 3.05) is 6.61 Å². The maximum atomic E-state index is 13.1. The van der Waals surface area contributed by atoms with E-state index in [1.807, 2.05) is 30.3 Å². The van der Waals surface area contributed by atoms with Gasteiger partial charge in [-0.15, -0.1) is 0 Å². The first-order valence-electron chi connectivity index (χ1n) is 7.49. The van der Waals surface area contributed by atoms with Crippen molar-refractivity contribution in [3.05, 3.63) is 71.5 Å². The SMILES string of the molecule is CCOC(=O)[C@H](O)[C@H](NCc1ccccc1)c1ccc(F)cc1. The average molecular weight is 317 g/mol. The number of ether oxygens (including phenoxy) is 1. The van der Waals surface area contributed by atoms with Gasteiger partial charge < -0.3 is 15.2 Å². The summed E-state index contributed by atoms with van der Waals surface area (Å²) in [5.41, 5.74) is 1.62. The second-order valence-electron chi connectivity index (χ2n) is 5.09. The van der Waals surface area contributed by atoms with E-state index in [1.165, 1.54) is 12.1 Å². The minimum Gasteiger partial charge on any atom is -0.464 e. The van der Waals surface area contributed by atoms with Crippen LogP contribution in [0, 0.1) is 5.82 Å². The van der Waals surface area contributed by atoms with Gasteiger partial charge in [-0.1, -0.05) is 42.5 Å². The van der Waals surface area contributed by atoms with E-state index in [2.05, 4.69) is 5.32 Å². The molecule has 0 unspecified atom stereocenters. The topological polar surface area (TPSA) is 58.6 Å². The normalized spacial score (nSPS) is 13.3. The van der Waals surface area contributed by atoms with Crippen molar-refractivity contribution in [1.29, 1.82) is 0 Å². The number of rotatable bonds is 7. The van der Waals surface area contributed by atoms with Gasteiger partial charge in [0, 0.05) is 6.54 Å². The number of nitrogens with one attached hydrogen (secondary N) is 1. The summed E-state index contributed by atoms with van der Waals surface area (Å²) in [6.07, 6.45) is -1.37. The smallest absolute Gasteiger partial charge is 0.336 e. The van der Waals surface area contributed by atoms with Crippen LogP contribution in [0.4, 0.5) is 4.39 Å². The van der Waals surface area contributed by atoms with Crippen molar-refractivity contribution in [3.8, 4) is 0 Å². The fraction of sp³-hybridized carbons (Fsp3) is 0.278. The zero-order valence-corrected chi connectivity index (χ0v) is 12.9. The Bertz CT molecular complexity index is 616. The molecule has 0 saturated carbocycles. The lowest BCUT2D eigenvalue weighted by molar-refractivity contribution is -0.154. The number of hydrogen-bond donors (Lipinski definition) is 2. The van der Waals surface area contributed by atoms with Crippen LogP contribution in [0.15, 0.2) is 54.6 Å². The second kappa shape index (κ2) is 8.41. The molecule has 2 rings (SSSR count). The molecule has 0 amide bonds. The van der Waals surface area contributed by atoms with E-state index in [0.717, 1.165) is 5.56 Å². The fourth-order valence-electron chi connectivity index (χ4n) is 2.27. The lowest BCUT2D eigenvalue weighted by atomic mass is 10.0. The van der Waals surface area contributed by atoms with Crippen LogP contribution in [0.3, 0.4) is 0 Å². The van der Waals surface area contributed by atoms with E-state index in [0.29, 0.717) is 12.1 Å². The van der Waals surface area contributed by atoms with Crippen molar-refractivity contribution in [2.45, 2.75) is 25.6 Å². The number of carbonyl (C=O) groups is 1. The molecule has 0 bridgehead atoms. The standard InChI is InChI=1S/C18H20FNO3/c1-2-23-18(22)17(21)16(14-8-10-15(19)11-9-14)20-12-13-6-4-3-5-7-13/h3-11,16-17,20-21H,2,12H2,1H3/t16-,17-/m1/s1. The maximum absolute atomic E-state index is 13.1. The zero-order chi connectivity index (χ0) is 16.7. The first kappa shape index (κ1) is 17.1. The van der Waals surface area contributed by atoms with Crippen LogP contribution < -0.4 is 5.32 Å². The van der Waals surface area contributed by atoms with E-state index >= 15 is 0 Å². The number of halogens is 1. The van der Waals surface area contributed by atoms with Crippen LogP contribution in [0.2, 0.25) is 0 Å². The Morgan fingerprint density at radius 2 is 1.83 bits per heavy atom. The highest BCUT2D eigenvalue weighted by atomic mass is 19.1. The number of benzene rings is 2. The molecule has 2 aromatic carbocycles. The number of aliphatic hydroxyl groups excluding tert-OH is 1. The summed E-state index contributed by atoms with van der Waals surface area (Å²) in [4.78, 5) is 11.8. The van der Waals surface area contributed by atoms with E-state index < -0.39 is 18.1 Å². The summed E-state index contributed by atoms with van der Waals surface area (Å²) in [5.74, 6) is -1.08. The van der Waals surface area contributed by atoms with E-state index in [1.54, 1.807) is 19.1 Å². The first-order chi connectivity index (χ1) is 11.1. The van der Waals surface area contributed by atoms with E-state index in [4.69, 9.17) is 4.74 Å². The van der Waals surface area contributed by atoms with Gasteiger partial charge in [0.1, 0.15) is 5.82 Å². The monoisotopic (exact) mass is 317 g/mol. The zero-order valence-electron chi connectivity index (χ0n) is 12.9. The van der Waals surface area contributed by atoms with Crippen LogP contribution in [0.25, 0.3) is 0 Å². The van der Waals surface area contributed by atoms with Crippen LogP contribution in [-0.4, -0.2) is 23.8 Å². The van der Waals surface area contributed by atoms with Crippen molar-refractivity contribution in [1.82, 2.24) is 5.32 Å². The minimum atomic E-state index is -1.37. The molecule has 23 heavy (non-hydrogen) atoms. The maximum Gasteiger partial charge on any atom is 0.336 e. The number of aliphatic hydroxyl groups is 1. The highest BCUT2D eigenvalue weighted by Gasteiger charge is 2.28. The molecule has 0 aliphatic carbocycles. The van der Waals surface area contributed by atoms with E-state index in [9.17, 15) is 14.3 Å². The van der Waals surface area contributed by atoms with E-state index in [-0.39, 0.29) is 12.4 Å². The van der Waals surface area contributed by atoms with Crippen LogP contribution in [0.1, 0.15) is 24.1 Å². The molecule has 4 nitrogen and oxygen atoms in total. The summed E-state index contributed by atoms with van der Waals surface area (Å²) in [7, 11) is 0. The second-order valence-corrected chi connectivity index (χ2v) is 5.09. The lowest BCUT2D eigenvalue weighted by Gasteiger charge is -2.23. The molecule has 0 aromatic heterocycles. The molecule has 0 aliphatic heterocycles. The summed E-state index contributed by atoms with van der Waals surface area (Å²) in [6, 6.07) is 14.6. The molecule has 5 heteroatoms. The number of esters is 1. The third-order valence-electron chi connectivity index (χ3n) is 3.44. The van der Waals surface area contributed by atoms with Gasteiger partial charge in [0.05, 0.1) is 12.6 Å². The number of hydrogen-bond acceptors (Lipinski definition) is 4. The lowest BCUT2D eigenvalue weighted by Crippen LogP contribution is -2.38. The van der Waals surface area contributed by atoms with Gasteiger partial charge in [-0.2, -0.15) is 0 Å². The van der Waals surface area contributed by atoms with Crippen molar-refractivity contribution in [3.63, 3.8) is 0 Å². The Kier molecular flexibility index (Phi) is 6.26. The molecule has 2 aromatic rings. The Morgan fingerprint density at radius 1 is 1.17 bits per heavy atom. The fourth-order valence-corrected chi connectivity index (χ4v) is 2.27. The van der Waals surface area contributed by atoms with Crippen LogP contribution in [0.5, 0.6) is 0 Å². The predicted molar refractivity (Wildman–Crippen MR) is 85.1 cm³/mol. The Labute approximate surface area is 134 Å². The Balaban J connectivity index is 2.16. The van der Waals surface area contributed by atoms with Gasteiger partial charge >= 0.3 is 5.97 Å². The van der Waals surface area contributed by atoms with Gasteiger partial charge in [0.15, 0.2) is 6.10 Å². The summed E-state index contributed by atoms with van der Waals surface area (Å²) in [6.45, 7) is 2.32. The van der Waals surface area contributed by atoms with Gasteiger partial charge in [-0.3, -0.25) is 0 Å². The molecule has 0 spiro atoms. The van der Waals surface area contributed by atoms with Crippen molar-refractivity contribution in [2.24, 2.45) is 0 Å². The summed E-state index contributed by atoms with van der Waals surface area (Å²) in [5, 5.41) is 13.4.